The van der Waals surface area contributed by atoms with Crippen LogP contribution in [-0.4, -0.2) is 43.2 Å². The summed E-state index contributed by atoms with van der Waals surface area (Å²) >= 11 is 4.97. The van der Waals surface area contributed by atoms with Gasteiger partial charge in [-0.15, -0.1) is 0 Å². The summed E-state index contributed by atoms with van der Waals surface area (Å²) < 4.78 is 15.2. The molecule has 0 saturated heterocycles. The molecule has 0 saturated carbocycles. The second-order valence-electron chi connectivity index (χ2n) is 5.72. The van der Waals surface area contributed by atoms with Crippen LogP contribution in [0.15, 0.2) is 48.5 Å². The fourth-order valence-electron chi connectivity index (χ4n) is 2.16. The third-order valence-electron chi connectivity index (χ3n) is 3.63. The molecule has 0 aliphatic rings. The van der Waals surface area contributed by atoms with Crippen molar-refractivity contribution in [2.45, 2.75) is 6.92 Å². The van der Waals surface area contributed by atoms with Crippen LogP contribution >= 0.6 is 12.2 Å². The Morgan fingerprint density at radius 3 is 2.10 bits per heavy atom. The van der Waals surface area contributed by atoms with E-state index in [1.807, 2.05) is 0 Å². The number of esters is 1. The molecule has 30 heavy (non-hydrogen) atoms. The van der Waals surface area contributed by atoms with Crippen LogP contribution in [0.2, 0.25) is 0 Å². The maximum atomic E-state index is 12.1. The van der Waals surface area contributed by atoms with E-state index < -0.39 is 17.8 Å². The number of amides is 2. The summed E-state index contributed by atoms with van der Waals surface area (Å²) in [5.41, 5.74) is 5.48. The minimum atomic E-state index is -0.523. The summed E-state index contributed by atoms with van der Waals surface area (Å²) in [5, 5.41) is 2.35. The molecule has 0 atom stereocenters. The second-order valence-corrected chi connectivity index (χ2v) is 6.13. The van der Waals surface area contributed by atoms with E-state index in [1.54, 1.807) is 43.3 Å². The lowest BCUT2D eigenvalue weighted by molar-refractivity contribution is -0.123. The first kappa shape index (κ1) is 22.6. The van der Waals surface area contributed by atoms with Crippen molar-refractivity contribution in [1.82, 2.24) is 16.2 Å². The minimum absolute atomic E-state index is 0.0806. The van der Waals surface area contributed by atoms with Crippen LogP contribution in [0, 0.1) is 0 Å². The summed E-state index contributed by atoms with van der Waals surface area (Å²) in [4.78, 5) is 35.5. The Morgan fingerprint density at radius 1 is 0.900 bits per heavy atom. The van der Waals surface area contributed by atoms with Gasteiger partial charge >= 0.3 is 5.97 Å². The van der Waals surface area contributed by atoms with Crippen molar-refractivity contribution in [3.8, 4) is 11.5 Å². The number of ether oxygens (including phenoxy) is 3. The number of rotatable bonds is 7. The molecule has 2 aromatic carbocycles. The summed E-state index contributed by atoms with van der Waals surface area (Å²) in [7, 11) is 1.53. The molecule has 2 amide bonds. The van der Waals surface area contributed by atoms with Gasteiger partial charge in [0.15, 0.2) is 11.7 Å². The van der Waals surface area contributed by atoms with Gasteiger partial charge in [-0.2, -0.15) is 0 Å². The highest BCUT2D eigenvalue weighted by molar-refractivity contribution is 7.80. The van der Waals surface area contributed by atoms with Crippen LogP contribution in [0.3, 0.4) is 0 Å². The first-order valence-corrected chi connectivity index (χ1v) is 9.28. The average Bonchev–Trinajstić information content (AvgIpc) is 2.76. The molecular formula is C20H21N3O6S. The topological polar surface area (TPSA) is 115 Å². The molecule has 0 aliphatic carbocycles. The van der Waals surface area contributed by atoms with Crippen LogP contribution in [0.5, 0.6) is 11.5 Å². The standard InChI is InChI=1S/C20H21N3O6S/c1-3-28-19(26)14-6-10-16(11-7-14)29-12-17(24)22-23-20(30)21-18(25)13-4-8-15(27-2)9-5-13/h4-11H,3,12H2,1-2H3,(H,22,24)(H2,21,23,25,30). The van der Waals surface area contributed by atoms with Gasteiger partial charge < -0.3 is 14.2 Å². The van der Waals surface area contributed by atoms with Gasteiger partial charge in [0, 0.05) is 5.56 Å². The fraction of sp³-hybridized carbons (Fsp3) is 0.200. The third kappa shape index (κ3) is 7.06. The lowest BCUT2D eigenvalue weighted by atomic mass is 10.2. The largest absolute Gasteiger partial charge is 0.497 e. The van der Waals surface area contributed by atoms with Crippen molar-refractivity contribution in [3.05, 3.63) is 59.7 Å². The van der Waals surface area contributed by atoms with Crippen molar-refractivity contribution < 1.29 is 28.6 Å². The van der Waals surface area contributed by atoms with E-state index in [0.29, 0.717) is 22.6 Å². The zero-order chi connectivity index (χ0) is 21.9. The maximum absolute atomic E-state index is 12.1. The highest BCUT2D eigenvalue weighted by atomic mass is 32.1. The molecule has 158 valence electrons. The van der Waals surface area contributed by atoms with Crippen molar-refractivity contribution in [2.75, 3.05) is 20.3 Å². The summed E-state index contributed by atoms with van der Waals surface area (Å²) in [6, 6.07) is 12.6. The average molecular weight is 431 g/mol. The zero-order valence-electron chi connectivity index (χ0n) is 16.4. The van der Waals surface area contributed by atoms with Gasteiger partial charge in [-0.05, 0) is 67.7 Å². The molecule has 2 rings (SSSR count). The molecular weight excluding hydrogens is 410 g/mol. The molecule has 0 spiro atoms. The molecule has 0 bridgehead atoms. The Balaban J connectivity index is 1.72. The van der Waals surface area contributed by atoms with Crippen LogP contribution in [0.4, 0.5) is 0 Å². The predicted molar refractivity (Wildman–Crippen MR) is 112 cm³/mol. The lowest BCUT2D eigenvalue weighted by Crippen LogP contribution is -2.49. The predicted octanol–water partition coefficient (Wildman–Crippen LogP) is 1.59. The monoisotopic (exact) mass is 431 g/mol. The Bertz CT molecular complexity index is 900. The molecule has 0 radical (unpaired) electrons. The van der Waals surface area contributed by atoms with Gasteiger partial charge in [-0.3, -0.25) is 25.8 Å². The van der Waals surface area contributed by atoms with Gasteiger partial charge in [-0.1, -0.05) is 0 Å². The molecule has 0 heterocycles. The van der Waals surface area contributed by atoms with E-state index in [0.717, 1.165) is 0 Å². The van der Waals surface area contributed by atoms with Crippen molar-refractivity contribution in [3.63, 3.8) is 0 Å². The normalized spacial score (nSPS) is 9.80. The number of hydrazine groups is 1. The minimum Gasteiger partial charge on any atom is -0.497 e. The molecule has 9 nitrogen and oxygen atoms in total. The molecule has 3 N–H and O–H groups in total. The number of hydrogen-bond donors (Lipinski definition) is 3. The number of hydrogen-bond acceptors (Lipinski definition) is 7. The zero-order valence-corrected chi connectivity index (χ0v) is 17.2. The molecule has 0 fully saturated rings. The van der Waals surface area contributed by atoms with E-state index in [9.17, 15) is 14.4 Å². The van der Waals surface area contributed by atoms with Crippen LogP contribution in [0.1, 0.15) is 27.6 Å². The van der Waals surface area contributed by atoms with E-state index in [-0.39, 0.29) is 18.3 Å². The van der Waals surface area contributed by atoms with Crippen molar-refractivity contribution in [1.29, 1.82) is 0 Å². The van der Waals surface area contributed by atoms with Crippen LogP contribution in [0.25, 0.3) is 0 Å². The van der Waals surface area contributed by atoms with Gasteiger partial charge in [0.05, 0.1) is 19.3 Å². The summed E-state index contributed by atoms with van der Waals surface area (Å²) in [6.45, 7) is 1.70. The smallest absolute Gasteiger partial charge is 0.338 e. The van der Waals surface area contributed by atoms with Crippen LogP contribution < -0.4 is 25.6 Å². The number of carbonyl (C=O) groups is 3. The van der Waals surface area contributed by atoms with Gasteiger partial charge in [-0.25, -0.2) is 4.79 Å². The molecule has 0 aromatic heterocycles. The number of methoxy groups -OCH3 is 1. The van der Waals surface area contributed by atoms with Gasteiger partial charge in [0.1, 0.15) is 11.5 Å². The fourth-order valence-corrected chi connectivity index (χ4v) is 2.31. The number of carbonyl (C=O) groups excluding carboxylic acids is 3. The second kappa shape index (κ2) is 11.4. The SMILES string of the molecule is CCOC(=O)c1ccc(OCC(=O)NNC(=S)NC(=O)c2ccc(OC)cc2)cc1. The Hall–Kier alpha value is -3.66. The quantitative estimate of drug-likeness (QED) is 0.344. The lowest BCUT2D eigenvalue weighted by Gasteiger charge is -2.11. The molecule has 0 unspecified atom stereocenters. The summed E-state index contributed by atoms with van der Waals surface area (Å²) in [5.74, 6) is -0.382. The molecule has 2 aromatic rings. The molecule has 10 heteroatoms. The van der Waals surface area contributed by atoms with Crippen molar-refractivity contribution >= 4 is 35.1 Å². The van der Waals surface area contributed by atoms with E-state index in [1.165, 1.54) is 19.2 Å². The van der Waals surface area contributed by atoms with E-state index >= 15 is 0 Å². The Labute approximate surface area is 178 Å². The van der Waals surface area contributed by atoms with E-state index in [2.05, 4.69) is 16.2 Å². The highest BCUT2D eigenvalue weighted by Gasteiger charge is 2.10. The molecule has 0 aliphatic heterocycles. The Kier molecular flexibility index (Phi) is 8.57. The number of thiocarbonyl (C=S) groups is 1. The summed E-state index contributed by atoms with van der Waals surface area (Å²) in [6.07, 6.45) is 0. The van der Waals surface area contributed by atoms with Gasteiger partial charge in [0.25, 0.3) is 11.8 Å². The van der Waals surface area contributed by atoms with E-state index in [4.69, 9.17) is 26.4 Å². The van der Waals surface area contributed by atoms with Gasteiger partial charge in [0.2, 0.25) is 0 Å². The van der Waals surface area contributed by atoms with Crippen LogP contribution in [-0.2, 0) is 9.53 Å². The third-order valence-corrected chi connectivity index (χ3v) is 3.83. The first-order chi connectivity index (χ1) is 14.4. The Morgan fingerprint density at radius 2 is 1.50 bits per heavy atom. The highest BCUT2D eigenvalue weighted by Crippen LogP contribution is 2.13. The van der Waals surface area contributed by atoms with Crippen molar-refractivity contribution in [2.24, 2.45) is 0 Å². The maximum Gasteiger partial charge on any atom is 0.338 e. The number of nitrogens with one attached hydrogen (secondary N) is 3. The number of benzene rings is 2. The first-order valence-electron chi connectivity index (χ1n) is 8.87.